The van der Waals surface area contributed by atoms with E-state index in [-0.39, 0.29) is 12.1 Å². The number of piperidine rings is 1. The second-order valence-corrected chi connectivity index (χ2v) is 7.50. The summed E-state index contributed by atoms with van der Waals surface area (Å²) in [6.45, 7) is 8.36. The van der Waals surface area contributed by atoms with Crippen molar-refractivity contribution in [3.8, 4) is 0 Å². The van der Waals surface area contributed by atoms with Crippen LogP contribution in [-0.2, 0) is 11.3 Å². The van der Waals surface area contributed by atoms with Crippen LogP contribution in [0.5, 0.6) is 0 Å². The Hall–Kier alpha value is -1.33. The van der Waals surface area contributed by atoms with Gasteiger partial charge in [-0.1, -0.05) is 17.7 Å². The lowest BCUT2D eigenvalue weighted by atomic mass is 10.0. The van der Waals surface area contributed by atoms with Crippen LogP contribution in [0.2, 0.25) is 5.15 Å². The largest absolute Gasteiger partial charge is 0.444 e. The van der Waals surface area contributed by atoms with Gasteiger partial charge in [-0.2, -0.15) is 0 Å². The quantitative estimate of drug-likeness (QED) is 0.790. The molecule has 1 saturated heterocycles. The number of amides is 1. The monoisotopic (exact) mass is 339 g/mol. The predicted molar refractivity (Wildman–Crippen MR) is 91.5 cm³/mol. The molecule has 0 unspecified atom stereocenters. The van der Waals surface area contributed by atoms with Gasteiger partial charge in [0.1, 0.15) is 10.8 Å². The molecule has 0 spiro atoms. The Morgan fingerprint density at radius 2 is 2.22 bits per heavy atom. The van der Waals surface area contributed by atoms with E-state index in [1.54, 1.807) is 4.90 Å². The number of rotatable bonds is 3. The van der Waals surface area contributed by atoms with Crippen molar-refractivity contribution in [2.75, 3.05) is 20.1 Å². The zero-order valence-corrected chi connectivity index (χ0v) is 15.1. The number of pyridine rings is 1. The third-order valence-corrected chi connectivity index (χ3v) is 4.13. The van der Waals surface area contributed by atoms with E-state index in [0.717, 1.165) is 38.0 Å². The second-order valence-electron chi connectivity index (χ2n) is 7.11. The summed E-state index contributed by atoms with van der Waals surface area (Å²) in [5, 5.41) is 0.509. The highest BCUT2D eigenvalue weighted by Gasteiger charge is 2.29. The number of halogens is 1. The van der Waals surface area contributed by atoms with E-state index in [1.165, 1.54) is 0 Å². The molecule has 5 nitrogen and oxygen atoms in total. The normalized spacial score (nSPS) is 19.4. The Morgan fingerprint density at radius 3 is 2.83 bits per heavy atom. The van der Waals surface area contributed by atoms with Gasteiger partial charge in [-0.3, -0.25) is 4.90 Å². The van der Waals surface area contributed by atoms with Crippen molar-refractivity contribution in [1.29, 1.82) is 0 Å². The molecule has 1 aliphatic rings. The highest BCUT2D eigenvalue weighted by Crippen LogP contribution is 2.19. The number of aromatic nitrogens is 1. The van der Waals surface area contributed by atoms with Gasteiger partial charge in [0.25, 0.3) is 0 Å². The zero-order valence-electron chi connectivity index (χ0n) is 14.4. The lowest BCUT2D eigenvalue weighted by Crippen LogP contribution is -2.49. The Kier molecular flexibility index (Phi) is 5.87. The number of hydrogen-bond donors (Lipinski definition) is 0. The summed E-state index contributed by atoms with van der Waals surface area (Å²) < 4.78 is 5.46. The first-order chi connectivity index (χ1) is 10.7. The third kappa shape index (κ3) is 5.66. The Labute approximate surface area is 143 Å². The van der Waals surface area contributed by atoms with Crippen LogP contribution in [0.4, 0.5) is 4.79 Å². The van der Waals surface area contributed by atoms with E-state index < -0.39 is 5.60 Å². The van der Waals surface area contributed by atoms with Gasteiger partial charge in [0.15, 0.2) is 0 Å². The van der Waals surface area contributed by atoms with Gasteiger partial charge in [-0.05, 0) is 51.8 Å². The average Bonchev–Trinajstić information content (AvgIpc) is 2.47. The number of likely N-dealkylation sites (tertiary alicyclic amines) is 1. The second kappa shape index (κ2) is 7.49. The molecule has 0 bridgehead atoms. The summed E-state index contributed by atoms with van der Waals surface area (Å²) in [7, 11) is 1.83. The molecule has 0 aromatic carbocycles. The molecule has 0 N–H and O–H groups in total. The van der Waals surface area contributed by atoms with E-state index >= 15 is 0 Å². The van der Waals surface area contributed by atoms with Crippen LogP contribution in [0.3, 0.4) is 0 Å². The first kappa shape index (κ1) is 18.0. The summed E-state index contributed by atoms with van der Waals surface area (Å²) in [6.07, 6.45) is 3.63. The smallest absolute Gasteiger partial charge is 0.410 e. The number of likely N-dealkylation sites (N-methyl/N-ethyl adjacent to an activating group) is 1. The van der Waals surface area contributed by atoms with Crippen LogP contribution in [0.15, 0.2) is 18.3 Å². The van der Waals surface area contributed by atoms with Gasteiger partial charge in [-0.15, -0.1) is 0 Å². The maximum Gasteiger partial charge on any atom is 0.410 e. The first-order valence-corrected chi connectivity index (χ1v) is 8.41. The molecule has 1 aliphatic heterocycles. The number of ether oxygens (including phenoxy) is 1. The first-order valence-electron chi connectivity index (χ1n) is 8.03. The maximum atomic E-state index is 12.2. The third-order valence-electron chi connectivity index (χ3n) is 3.90. The standard InChI is InChI=1S/C17H26ClN3O2/c1-17(2,3)23-16(22)20(4)14-6-5-9-21(12-14)11-13-7-8-15(18)19-10-13/h7-8,10,14H,5-6,9,11-12H2,1-4H3/t14-/m0/s1. The van der Waals surface area contributed by atoms with Gasteiger partial charge in [-0.25, -0.2) is 9.78 Å². The molecule has 23 heavy (non-hydrogen) atoms. The van der Waals surface area contributed by atoms with Gasteiger partial charge < -0.3 is 9.64 Å². The SMILES string of the molecule is CN(C(=O)OC(C)(C)C)[C@H]1CCCN(Cc2ccc(Cl)nc2)C1. The van der Waals surface area contributed by atoms with Crippen molar-refractivity contribution < 1.29 is 9.53 Å². The summed E-state index contributed by atoms with van der Waals surface area (Å²) >= 11 is 5.82. The van der Waals surface area contributed by atoms with Crippen LogP contribution in [0, 0.1) is 0 Å². The minimum atomic E-state index is -0.464. The molecule has 0 aliphatic carbocycles. The van der Waals surface area contributed by atoms with Crippen molar-refractivity contribution in [3.63, 3.8) is 0 Å². The van der Waals surface area contributed by atoms with Crippen LogP contribution in [0.25, 0.3) is 0 Å². The molecular formula is C17H26ClN3O2. The van der Waals surface area contributed by atoms with E-state index in [2.05, 4.69) is 9.88 Å². The molecule has 1 fully saturated rings. The van der Waals surface area contributed by atoms with Gasteiger partial charge >= 0.3 is 6.09 Å². The van der Waals surface area contributed by atoms with Crippen molar-refractivity contribution in [2.45, 2.75) is 51.8 Å². The molecule has 1 aromatic heterocycles. The number of nitrogens with zero attached hydrogens (tertiary/aromatic N) is 3. The van der Waals surface area contributed by atoms with Crippen LogP contribution >= 0.6 is 11.6 Å². The molecule has 1 amide bonds. The van der Waals surface area contributed by atoms with Crippen molar-refractivity contribution >= 4 is 17.7 Å². The zero-order chi connectivity index (χ0) is 17.0. The Balaban J connectivity index is 1.92. The van der Waals surface area contributed by atoms with Gasteiger partial charge in [0.05, 0.1) is 0 Å². The Bertz CT molecular complexity index is 528. The van der Waals surface area contributed by atoms with Crippen LogP contribution in [-0.4, -0.2) is 52.7 Å². The van der Waals surface area contributed by atoms with E-state index in [9.17, 15) is 4.79 Å². The topological polar surface area (TPSA) is 45.7 Å². The fraction of sp³-hybridized carbons (Fsp3) is 0.647. The van der Waals surface area contributed by atoms with E-state index in [0.29, 0.717) is 5.15 Å². The Morgan fingerprint density at radius 1 is 1.48 bits per heavy atom. The minimum Gasteiger partial charge on any atom is -0.444 e. The molecule has 1 aromatic rings. The van der Waals surface area contributed by atoms with E-state index in [1.807, 2.05) is 46.1 Å². The molecule has 0 radical (unpaired) electrons. The van der Waals surface area contributed by atoms with Gasteiger partial charge in [0, 0.05) is 32.4 Å². The molecule has 2 rings (SSSR count). The number of hydrogen-bond acceptors (Lipinski definition) is 4. The highest BCUT2D eigenvalue weighted by molar-refractivity contribution is 6.29. The summed E-state index contributed by atoms with van der Waals surface area (Å²) in [4.78, 5) is 20.4. The fourth-order valence-corrected chi connectivity index (χ4v) is 2.84. The molecular weight excluding hydrogens is 314 g/mol. The van der Waals surface area contributed by atoms with Crippen molar-refractivity contribution in [3.05, 3.63) is 29.0 Å². The van der Waals surface area contributed by atoms with Crippen molar-refractivity contribution in [2.24, 2.45) is 0 Å². The number of carbonyl (C=O) groups is 1. The fourth-order valence-electron chi connectivity index (χ4n) is 2.73. The van der Waals surface area contributed by atoms with Gasteiger partial charge in [0.2, 0.25) is 0 Å². The molecule has 1 atom stereocenters. The summed E-state index contributed by atoms with van der Waals surface area (Å²) in [5.41, 5.74) is 0.671. The number of carbonyl (C=O) groups excluding carboxylic acids is 1. The molecule has 0 saturated carbocycles. The summed E-state index contributed by atoms with van der Waals surface area (Å²) in [5.74, 6) is 0. The van der Waals surface area contributed by atoms with Crippen LogP contribution in [0.1, 0.15) is 39.2 Å². The lowest BCUT2D eigenvalue weighted by molar-refractivity contribution is 0.0130. The highest BCUT2D eigenvalue weighted by atomic mass is 35.5. The van der Waals surface area contributed by atoms with Crippen molar-refractivity contribution in [1.82, 2.24) is 14.8 Å². The maximum absolute atomic E-state index is 12.2. The minimum absolute atomic E-state index is 0.179. The summed E-state index contributed by atoms with van der Waals surface area (Å²) in [6, 6.07) is 3.99. The lowest BCUT2D eigenvalue weighted by Gasteiger charge is -2.38. The average molecular weight is 340 g/mol. The predicted octanol–water partition coefficient (Wildman–Crippen LogP) is 3.57. The molecule has 2 heterocycles. The molecule has 128 valence electrons. The van der Waals surface area contributed by atoms with Crippen LogP contribution < -0.4 is 0 Å². The van der Waals surface area contributed by atoms with E-state index in [4.69, 9.17) is 16.3 Å². The molecule has 6 heteroatoms.